The number of nitrogens with zero attached hydrogens (tertiary/aromatic N) is 3. The van der Waals surface area contributed by atoms with E-state index >= 15 is 0 Å². The number of sulfonamides is 1. The third-order valence-corrected chi connectivity index (χ3v) is 7.51. The van der Waals surface area contributed by atoms with Crippen LogP contribution in [0.2, 0.25) is 0 Å². The molecule has 2 aromatic rings. The van der Waals surface area contributed by atoms with E-state index in [1.807, 2.05) is 25.3 Å². The third kappa shape index (κ3) is 5.60. The van der Waals surface area contributed by atoms with Gasteiger partial charge in [0.1, 0.15) is 0 Å². The van der Waals surface area contributed by atoms with Crippen molar-refractivity contribution in [3.8, 4) is 5.75 Å². The number of benzene rings is 1. The fraction of sp³-hybridized carbons (Fsp3) is 0.500. The van der Waals surface area contributed by atoms with Crippen LogP contribution in [-0.2, 0) is 14.8 Å². The predicted molar refractivity (Wildman–Crippen MR) is 124 cm³/mol. The zero-order valence-electron chi connectivity index (χ0n) is 19.8. The lowest BCUT2D eigenvalue weighted by Crippen LogP contribution is -2.30. The van der Waals surface area contributed by atoms with Crippen LogP contribution in [0.5, 0.6) is 5.75 Å². The van der Waals surface area contributed by atoms with Crippen molar-refractivity contribution in [1.29, 1.82) is 0 Å². The summed E-state index contributed by atoms with van der Waals surface area (Å²) in [6, 6.07) is 5.20. The smallest absolute Gasteiger partial charge is 0.312 e. The molecule has 1 aromatic heterocycles. The van der Waals surface area contributed by atoms with Crippen molar-refractivity contribution in [3.05, 3.63) is 51.3 Å². The van der Waals surface area contributed by atoms with Crippen LogP contribution in [0.4, 0.5) is 5.69 Å². The number of carbonyl (C=O) groups is 1. The Kier molecular flexibility index (Phi) is 8.76. The Balaban J connectivity index is 2.29. The first-order valence-electron chi connectivity index (χ1n) is 10.6. The quantitative estimate of drug-likeness (QED) is 0.258. The Bertz CT molecular complexity index is 1120. The number of ketones is 1. The van der Waals surface area contributed by atoms with Gasteiger partial charge in [0.05, 0.1) is 22.5 Å². The SMILES string of the molecule is CCN(CC)S(=O)(=O)c1ccc(OCC(=O)c2cc(C)n([C@@H](C)COC)c2C)c([N+](=O)[O-])c1. The normalized spacial score (nSPS) is 12.7. The molecule has 0 radical (unpaired) electrons. The highest BCUT2D eigenvalue weighted by molar-refractivity contribution is 7.89. The standard InChI is InChI=1S/C22H31N3O7S/c1-7-23(8-2)33(29,30)18-9-10-22(20(12-18)25(27)28)32-14-21(26)19-11-15(3)24(17(19)5)16(4)13-31-6/h9-12,16H,7-8,13-14H2,1-6H3/t16-/m0/s1. The Morgan fingerprint density at radius 2 is 1.85 bits per heavy atom. The molecule has 1 atom stereocenters. The van der Waals surface area contributed by atoms with Crippen molar-refractivity contribution in [1.82, 2.24) is 8.87 Å². The lowest BCUT2D eigenvalue weighted by atomic mass is 10.1. The molecule has 0 unspecified atom stereocenters. The number of hydrogen-bond acceptors (Lipinski definition) is 7. The van der Waals surface area contributed by atoms with E-state index in [0.717, 1.165) is 17.5 Å². The lowest BCUT2D eigenvalue weighted by Gasteiger charge is -2.18. The Labute approximate surface area is 194 Å². The molecule has 0 fully saturated rings. The van der Waals surface area contributed by atoms with Crippen molar-refractivity contribution in [2.24, 2.45) is 0 Å². The number of rotatable bonds is 12. The fourth-order valence-electron chi connectivity index (χ4n) is 3.91. The van der Waals surface area contributed by atoms with E-state index in [-0.39, 0.29) is 35.6 Å². The summed E-state index contributed by atoms with van der Waals surface area (Å²) in [5.74, 6) is -0.512. The lowest BCUT2D eigenvalue weighted by molar-refractivity contribution is -0.386. The monoisotopic (exact) mass is 481 g/mol. The van der Waals surface area contributed by atoms with Gasteiger partial charge in [0.25, 0.3) is 0 Å². The second kappa shape index (κ2) is 10.9. The number of methoxy groups -OCH3 is 1. The molecule has 0 bridgehead atoms. The van der Waals surface area contributed by atoms with Gasteiger partial charge in [-0.05, 0) is 39.0 Å². The van der Waals surface area contributed by atoms with E-state index in [2.05, 4.69) is 0 Å². The second-order valence-corrected chi connectivity index (χ2v) is 9.58. The highest BCUT2D eigenvalue weighted by Crippen LogP contribution is 2.31. The maximum Gasteiger partial charge on any atom is 0.312 e. The van der Waals surface area contributed by atoms with Gasteiger partial charge in [-0.15, -0.1) is 0 Å². The predicted octanol–water partition coefficient (Wildman–Crippen LogP) is 3.51. The number of nitro groups is 1. The van der Waals surface area contributed by atoms with Gasteiger partial charge in [-0.25, -0.2) is 8.42 Å². The van der Waals surface area contributed by atoms with E-state index < -0.39 is 27.2 Å². The van der Waals surface area contributed by atoms with Crippen LogP contribution in [-0.4, -0.2) is 61.4 Å². The minimum atomic E-state index is -3.88. The summed E-state index contributed by atoms with van der Waals surface area (Å²) in [7, 11) is -2.27. The van der Waals surface area contributed by atoms with E-state index in [4.69, 9.17) is 9.47 Å². The number of Topliss-reactive ketones (excluding diaryl/α,β-unsaturated/α-hetero) is 1. The molecule has 0 N–H and O–H groups in total. The van der Waals surface area contributed by atoms with Gasteiger partial charge < -0.3 is 14.0 Å². The average Bonchev–Trinajstić information content (AvgIpc) is 3.06. The van der Waals surface area contributed by atoms with Crippen LogP contribution >= 0.6 is 0 Å². The number of carbonyl (C=O) groups excluding carboxylic acids is 1. The van der Waals surface area contributed by atoms with Crippen molar-refractivity contribution in [3.63, 3.8) is 0 Å². The minimum absolute atomic E-state index is 0.0267. The van der Waals surface area contributed by atoms with Crippen LogP contribution in [0, 0.1) is 24.0 Å². The molecule has 2 rings (SSSR count). The minimum Gasteiger partial charge on any atom is -0.478 e. The molecule has 0 saturated carbocycles. The van der Waals surface area contributed by atoms with Crippen LogP contribution in [0.1, 0.15) is 48.6 Å². The van der Waals surface area contributed by atoms with Gasteiger partial charge in [-0.3, -0.25) is 14.9 Å². The third-order valence-electron chi connectivity index (χ3n) is 5.46. The van der Waals surface area contributed by atoms with Crippen molar-refractivity contribution < 1.29 is 27.6 Å². The van der Waals surface area contributed by atoms with Gasteiger partial charge in [0.2, 0.25) is 15.8 Å². The molecule has 33 heavy (non-hydrogen) atoms. The molecular weight excluding hydrogens is 450 g/mol. The van der Waals surface area contributed by atoms with E-state index in [9.17, 15) is 23.3 Å². The zero-order chi connectivity index (χ0) is 24.9. The topological polar surface area (TPSA) is 121 Å². The molecule has 0 amide bonds. The molecule has 0 aliphatic heterocycles. The summed E-state index contributed by atoms with van der Waals surface area (Å²) >= 11 is 0. The summed E-state index contributed by atoms with van der Waals surface area (Å²) in [6.07, 6.45) is 0. The van der Waals surface area contributed by atoms with Gasteiger partial charge in [-0.1, -0.05) is 13.8 Å². The van der Waals surface area contributed by atoms with Crippen LogP contribution < -0.4 is 4.74 Å². The van der Waals surface area contributed by atoms with Crippen LogP contribution in [0.3, 0.4) is 0 Å². The first-order valence-corrected chi connectivity index (χ1v) is 12.0. The van der Waals surface area contributed by atoms with Gasteiger partial charge in [0.15, 0.2) is 12.4 Å². The zero-order valence-corrected chi connectivity index (χ0v) is 20.6. The molecule has 0 saturated heterocycles. The van der Waals surface area contributed by atoms with Gasteiger partial charge in [-0.2, -0.15) is 4.31 Å². The number of ether oxygens (including phenoxy) is 2. The van der Waals surface area contributed by atoms with Crippen molar-refractivity contribution >= 4 is 21.5 Å². The van der Waals surface area contributed by atoms with Crippen LogP contribution in [0.15, 0.2) is 29.2 Å². The molecule has 0 aliphatic rings. The van der Waals surface area contributed by atoms with Crippen molar-refractivity contribution in [2.75, 3.05) is 33.4 Å². The summed E-state index contributed by atoms with van der Waals surface area (Å²) in [4.78, 5) is 23.5. The maximum atomic E-state index is 12.8. The maximum absolute atomic E-state index is 12.8. The Morgan fingerprint density at radius 1 is 1.21 bits per heavy atom. The molecule has 182 valence electrons. The highest BCUT2D eigenvalue weighted by Gasteiger charge is 2.27. The molecule has 0 spiro atoms. The largest absolute Gasteiger partial charge is 0.478 e. The molecule has 1 aromatic carbocycles. The number of nitro benzene ring substituents is 1. The summed E-state index contributed by atoms with van der Waals surface area (Å²) in [6.45, 7) is 9.59. The van der Waals surface area contributed by atoms with Crippen LogP contribution in [0.25, 0.3) is 0 Å². The molecule has 0 aliphatic carbocycles. The Morgan fingerprint density at radius 3 is 2.39 bits per heavy atom. The highest BCUT2D eigenvalue weighted by atomic mass is 32.2. The second-order valence-electron chi connectivity index (χ2n) is 7.65. The number of hydrogen-bond donors (Lipinski definition) is 0. The summed E-state index contributed by atoms with van der Waals surface area (Å²) in [5, 5.41) is 11.6. The summed E-state index contributed by atoms with van der Waals surface area (Å²) in [5.41, 5.74) is 1.58. The molecule has 10 nitrogen and oxygen atoms in total. The van der Waals surface area contributed by atoms with Gasteiger partial charge in [0, 0.05) is 43.2 Å². The average molecular weight is 482 g/mol. The van der Waals surface area contributed by atoms with E-state index in [0.29, 0.717) is 12.2 Å². The fourth-order valence-corrected chi connectivity index (χ4v) is 5.39. The molecule has 11 heteroatoms. The number of aryl methyl sites for hydroxylation is 1. The van der Waals surface area contributed by atoms with E-state index in [1.165, 1.54) is 16.4 Å². The first-order chi connectivity index (χ1) is 15.5. The van der Waals surface area contributed by atoms with Crippen molar-refractivity contribution in [2.45, 2.75) is 45.6 Å². The first kappa shape index (κ1) is 26.5. The number of aromatic nitrogens is 1. The molecule has 1 heterocycles. The van der Waals surface area contributed by atoms with E-state index in [1.54, 1.807) is 27.0 Å². The molecular formula is C22H31N3O7S. The van der Waals surface area contributed by atoms with Gasteiger partial charge >= 0.3 is 5.69 Å². The Hall–Kier alpha value is -2.76. The summed E-state index contributed by atoms with van der Waals surface area (Å²) < 4.78 is 39.3.